The van der Waals surface area contributed by atoms with Crippen molar-refractivity contribution in [2.75, 3.05) is 20.2 Å². The zero-order valence-electron chi connectivity index (χ0n) is 12.3. The Bertz CT molecular complexity index is 722. The maximum atomic E-state index is 12.8. The molecule has 0 unspecified atom stereocenters. The molecule has 22 heavy (non-hydrogen) atoms. The number of ether oxygens (including phenoxy) is 1. The lowest BCUT2D eigenvalue weighted by Crippen LogP contribution is -2.39. The fourth-order valence-corrected chi connectivity index (χ4v) is 4.36. The van der Waals surface area contributed by atoms with Crippen LogP contribution in [0.15, 0.2) is 41.6 Å². The van der Waals surface area contributed by atoms with E-state index >= 15 is 0 Å². The number of piperidine rings is 1. The van der Waals surface area contributed by atoms with E-state index in [0.717, 1.165) is 12.8 Å². The van der Waals surface area contributed by atoms with Gasteiger partial charge in [-0.3, -0.25) is 0 Å². The quantitative estimate of drug-likeness (QED) is 0.848. The molecular formula is C14H18N4O3S. The van der Waals surface area contributed by atoms with Crippen LogP contribution in [0.3, 0.4) is 0 Å². The molecule has 0 atom stereocenters. The fourth-order valence-electron chi connectivity index (χ4n) is 2.73. The molecule has 1 aliphatic rings. The zero-order chi connectivity index (χ0) is 15.6. The highest BCUT2D eigenvalue weighted by Crippen LogP contribution is 2.30. The van der Waals surface area contributed by atoms with E-state index in [1.54, 1.807) is 35.1 Å². The largest absolute Gasteiger partial charge is 0.495 e. The summed E-state index contributed by atoms with van der Waals surface area (Å²) >= 11 is 0. The van der Waals surface area contributed by atoms with Crippen molar-refractivity contribution in [3.8, 4) is 5.75 Å². The van der Waals surface area contributed by atoms with Gasteiger partial charge in [-0.2, -0.15) is 4.31 Å². The molecule has 1 aromatic heterocycles. The van der Waals surface area contributed by atoms with Crippen molar-refractivity contribution in [2.45, 2.75) is 23.8 Å². The smallest absolute Gasteiger partial charge is 0.246 e. The molecule has 0 saturated carbocycles. The summed E-state index contributed by atoms with van der Waals surface area (Å²) in [5.41, 5.74) is 0. The second kappa shape index (κ2) is 6.05. The second-order valence-corrected chi connectivity index (χ2v) is 7.08. The van der Waals surface area contributed by atoms with Crippen molar-refractivity contribution < 1.29 is 13.2 Å². The summed E-state index contributed by atoms with van der Waals surface area (Å²) in [4.78, 5) is 0.219. The van der Waals surface area contributed by atoms with Crippen LogP contribution < -0.4 is 4.74 Å². The fraction of sp³-hybridized carbons (Fsp3) is 0.429. The molecule has 2 heterocycles. The van der Waals surface area contributed by atoms with Crippen LogP contribution in [0.1, 0.15) is 18.9 Å². The Labute approximate surface area is 129 Å². The number of nitrogens with zero attached hydrogens (tertiary/aromatic N) is 4. The van der Waals surface area contributed by atoms with Crippen molar-refractivity contribution >= 4 is 10.0 Å². The standard InChI is InChI=1S/C14H18N4O3S/c1-21-13-4-2-3-5-14(13)22(19,20)17-9-6-12(7-10-17)18-11-8-15-16-18/h2-5,8,11-12H,6-7,9-10H2,1H3. The second-order valence-electron chi connectivity index (χ2n) is 5.17. The molecule has 0 N–H and O–H groups in total. The molecule has 1 aliphatic heterocycles. The predicted molar refractivity (Wildman–Crippen MR) is 80.0 cm³/mol. The first-order valence-electron chi connectivity index (χ1n) is 7.12. The Morgan fingerprint density at radius 2 is 1.95 bits per heavy atom. The van der Waals surface area contributed by atoms with Gasteiger partial charge in [-0.15, -0.1) is 5.10 Å². The summed E-state index contributed by atoms with van der Waals surface area (Å²) in [5.74, 6) is 0.376. The number of rotatable bonds is 4. The monoisotopic (exact) mass is 322 g/mol. The summed E-state index contributed by atoms with van der Waals surface area (Å²) in [5, 5.41) is 7.79. The SMILES string of the molecule is COc1ccccc1S(=O)(=O)N1CCC(n2ccnn2)CC1. The van der Waals surface area contributed by atoms with Gasteiger partial charge in [0.2, 0.25) is 10.0 Å². The van der Waals surface area contributed by atoms with E-state index < -0.39 is 10.0 Å². The Morgan fingerprint density at radius 1 is 1.23 bits per heavy atom. The molecule has 0 bridgehead atoms. The highest BCUT2D eigenvalue weighted by atomic mass is 32.2. The number of sulfonamides is 1. The number of methoxy groups -OCH3 is 1. The Hall–Kier alpha value is -1.93. The van der Waals surface area contributed by atoms with Gasteiger partial charge in [0.25, 0.3) is 0 Å². The van der Waals surface area contributed by atoms with E-state index in [9.17, 15) is 8.42 Å². The molecule has 3 rings (SSSR count). The molecule has 0 amide bonds. The highest BCUT2D eigenvalue weighted by molar-refractivity contribution is 7.89. The lowest BCUT2D eigenvalue weighted by molar-refractivity contribution is 0.258. The molecule has 2 aromatic rings. The van der Waals surface area contributed by atoms with Gasteiger partial charge in [-0.25, -0.2) is 13.1 Å². The minimum atomic E-state index is -3.53. The number of hydrogen-bond acceptors (Lipinski definition) is 5. The summed E-state index contributed by atoms with van der Waals surface area (Å²) in [6.07, 6.45) is 4.89. The van der Waals surface area contributed by atoms with Crippen molar-refractivity contribution in [1.82, 2.24) is 19.3 Å². The van der Waals surface area contributed by atoms with Gasteiger partial charge in [-0.05, 0) is 25.0 Å². The lowest BCUT2D eigenvalue weighted by Gasteiger charge is -2.31. The van der Waals surface area contributed by atoms with Crippen LogP contribution in [-0.4, -0.2) is 47.9 Å². The average Bonchev–Trinajstić information content (AvgIpc) is 3.09. The van der Waals surface area contributed by atoms with Gasteiger partial charge in [0, 0.05) is 19.3 Å². The Morgan fingerprint density at radius 3 is 2.59 bits per heavy atom. The molecule has 118 valence electrons. The molecule has 0 spiro atoms. The van der Waals surface area contributed by atoms with E-state index in [2.05, 4.69) is 10.3 Å². The third-order valence-electron chi connectivity index (χ3n) is 3.93. The number of para-hydroxylation sites is 1. The normalized spacial score (nSPS) is 17.5. The molecule has 1 saturated heterocycles. The minimum absolute atomic E-state index is 0.201. The van der Waals surface area contributed by atoms with Crippen molar-refractivity contribution in [1.29, 1.82) is 0 Å². The minimum Gasteiger partial charge on any atom is -0.495 e. The third kappa shape index (κ3) is 2.71. The van der Waals surface area contributed by atoms with Gasteiger partial charge in [0.1, 0.15) is 10.6 Å². The van der Waals surface area contributed by atoms with Crippen LogP contribution in [0.2, 0.25) is 0 Å². The summed E-state index contributed by atoms with van der Waals surface area (Å²) in [6, 6.07) is 6.91. The maximum absolute atomic E-state index is 12.8. The third-order valence-corrected chi connectivity index (χ3v) is 5.86. The Balaban J connectivity index is 1.77. The maximum Gasteiger partial charge on any atom is 0.246 e. The van der Waals surface area contributed by atoms with Gasteiger partial charge in [-0.1, -0.05) is 17.3 Å². The van der Waals surface area contributed by atoms with Crippen LogP contribution in [0.25, 0.3) is 0 Å². The van der Waals surface area contributed by atoms with E-state index in [-0.39, 0.29) is 10.9 Å². The van der Waals surface area contributed by atoms with Gasteiger partial charge in [0.05, 0.1) is 19.3 Å². The molecule has 8 heteroatoms. The average molecular weight is 322 g/mol. The zero-order valence-corrected chi connectivity index (χ0v) is 13.1. The van der Waals surface area contributed by atoms with Gasteiger partial charge >= 0.3 is 0 Å². The van der Waals surface area contributed by atoms with Crippen molar-refractivity contribution in [3.05, 3.63) is 36.7 Å². The lowest BCUT2D eigenvalue weighted by atomic mass is 10.1. The highest BCUT2D eigenvalue weighted by Gasteiger charge is 2.31. The van der Waals surface area contributed by atoms with Gasteiger partial charge in [0.15, 0.2) is 0 Å². The first kappa shape index (κ1) is 15.0. The van der Waals surface area contributed by atoms with E-state index in [1.165, 1.54) is 11.4 Å². The first-order chi connectivity index (χ1) is 10.6. The van der Waals surface area contributed by atoms with E-state index in [1.807, 2.05) is 6.20 Å². The summed E-state index contributed by atoms with van der Waals surface area (Å²) < 4.78 is 34.0. The van der Waals surface area contributed by atoms with Crippen LogP contribution >= 0.6 is 0 Å². The summed E-state index contributed by atoms with van der Waals surface area (Å²) in [7, 11) is -2.06. The molecule has 7 nitrogen and oxygen atoms in total. The van der Waals surface area contributed by atoms with Crippen LogP contribution in [0.4, 0.5) is 0 Å². The molecule has 1 fully saturated rings. The first-order valence-corrected chi connectivity index (χ1v) is 8.56. The number of hydrogen-bond donors (Lipinski definition) is 0. The van der Waals surface area contributed by atoms with Crippen molar-refractivity contribution in [3.63, 3.8) is 0 Å². The van der Waals surface area contributed by atoms with Crippen molar-refractivity contribution in [2.24, 2.45) is 0 Å². The summed E-state index contributed by atoms with van der Waals surface area (Å²) in [6.45, 7) is 0.926. The number of benzene rings is 1. The Kier molecular flexibility index (Phi) is 4.12. The molecule has 1 aromatic carbocycles. The number of aromatic nitrogens is 3. The topological polar surface area (TPSA) is 77.3 Å². The van der Waals surface area contributed by atoms with Crippen LogP contribution in [0, 0.1) is 0 Å². The molecular weight excluding hydrogens is 304 g/mol. The predicted octanol–water partition coefficient (Wildman–Crippen LogP) is 1.31. The van der Waals surface area contributed by atoms with Crippen LogP contribution in [0.5, 0.6) is 5.75 Å². The van der Waals surface area contributed by atoms with E-state index in [4.69, 9.17) is 4.74 Å². The molecule has 0 radical (unpaired) electrons. The molecule has 0 aliphatic carbocycles. The van der Waals surface area contributed by atoms with Crippen LogP contribution in [-0.2, 0) is 10.0 Å². The van der Waals surface area contributed by atoms with Gasteiger partial charge < -0.3 is 4.74 Å². The van der Waals surface area contributed by atoms with E-state index in [0.29, 0.717) is 18.8 Å².